The summed E-state index contributed by atoms with van der Waals surface area (Å²) in [7, 11) is 0.846. The zero-order valence-corrected chi connectivity index (χ0v) is 22.8. The lowest BCUT2D eigenvalue weighted by atomic mass is 10.1. The summed E-state index contributed by atoms with van der Waals surface area (Å²) in [5.74, 6) is 0. The third-order valence-electron chi connectivity index (χ3n) is 6.37. The topological polar surface area (TPSA) is 0 Å². The monoisotopic (exact) mass is 470 g/mol. The van der Waals surface area contributed by atoms with Crippen LogP contribution in [0.25, 0.3) is 0 Å². The van der Waals surface area contributed by atoms with Crippen molar-refractivity contribution in [3.8, 4) is 0 Å². The van der Waals surface area contributed by atoms with Gasteiger partial charge in [-0.25, -0.2) is 0 Å². The Labute approximate surface area is 202 Å². The lowest BCUT2D eigenvalue weighted by Gasteiger charge is -2.29. The van der Waals surface area contributed by atoms with Crippen LogP contribution >= 0.6 is 16.5 Å². The van der Waals surface area contributed by atoms with Crippen LogP contribution in [0.4, 0.5) is 0 Å². The predicted octanol–water partition coefficient (Wildman–Crippen LogP) is 9.63. The fourth-order valence-electron chi connectivity index (χ4n) is 4.46. The maximum atomic E-state index is 2.39. The van der Waals surface area contributed by atoms with Crippen LogP contribution in [0.1, 0.15) is 104 Å². The highest BCUT2D eigenvalue weighted by atomic mass is 31.2. The lowest BCUT2D eigenvalue weighted by Crippen LogP contribution is -2.19. The van der Waals surface area contributed by atoms with Gasteiger partial charge in [-0.2, -0.15) is 0 Å². The zero-order chi connectivity index (χ0) is 22.7. The van der Waals surface area contributed by atoms with Crippen LogP contribution < -0.4 is 10.6 Å². The molecule has 2 aromatic rings. The maximum Gasteiger partial charge on any atom is 0.00465 e. The van der Waals surface area contributed by atoms with Crippen LogP contribution in [-0.2, 0) is 0 Å². The van der Waals surface area contributed by atoms with E-state index in [1.807, 2.05) is 0 Å². The summed E-state index contributed by atoms with van der Waals surface area (Å²) >= 11 is 0. The molecule has 0 fully saturated rings. The molecule has 2 unspecified atom stereocenters. The van der Waals surface area contributed by atoms with E-state index in [-0.39, 0.29) is 7.92 Å². The van der Waals surface area contributed by atoms with Crippen LogP contribution in [-0.4, -0.2) is 11.6 Å². The molecule has 0 radical (unpaired) electrons. The number of hydrogen-bond acceptors (Lipinski definition) is 0. The first-order valence-corrected chi connectivity index (χ1v) is 16.2. The molecule has 0 nitrogen and oxygen atoms in total. The summed E-state index contributed by atoms with van der Waals surface area (Å²) in [5, 5.41) is 4.00. The summed E-state index contributed by atoms with van der Waals surface area (Å²) < 4.78 is 0. The standard InChI is InChI=1S/C30H48P2/c1-3-5-7-8-9-10-11-12-13-14-21-26-30(31-27-6-4-2)32(28-22-17-15-18-23-28)29-24-19-16-20-25-29/h15-20,22-25,30-31H,3-14,21,26-27H2,1-2H3. The average molecular weight is 471 g/mol. The number of hydrogen-bond donors (Lipinski definition) is 0. The van der Waals surface area contributed by atoms with Gasteiger partial charge in [-0.05, 0) is 37.5 Å². The predicted molar refractivity (Wildman–Crippen MR) is 152 cm³/mol. The van der Waals surface area contributed by atoms with E-state index in [1.54, 1.807) is 10.6 Å². The van der Waals surface area contributed by atoms with E-state index in [0.717, 1.165) is 14.0 Å². The second-order valence-corrected chi connectivity index (χ2v) is 13.7. The van der Waals surface area contributed by atoms with Crippen molar-refractivity contribution >= 4 is 27.1 Å². The van der Waals surface area contributed by atoms with Gasteiger partial charge in [0.1, 0.15) is 0 Å². The SMILES string of the molecule is CCCCCCCCCCCCCC(PCCCC)P(c1ccccc1)c1ccccc1. The third-order valence-corrected chi connectivity index (χ3v) is 11.7. The highest BCUT2D eigenvalue weighted by Crippen LogP contribution is 2.50. The molecule has 0 heterocycles. The van der Waals surface area contributed by atoms with Crippen molar-refractivity contribution in [2.24, 2.45) is 0 Å². The Morgan fingerprint density at radius 2 is 1.00 bits per heavy atom. The summed E-state index contributed by atoms with van der Waals surface area (Å²) in [6, 6.07) is 22.8. The van der Waals surface area contributed by atoms with Gasteiger partial charge in [0.25, 0.3) is 0 Å². The molecule has 32 heavy (non-hydrogen) atoms. The van der Waals surface area contributed by atoms with Crippen molar-refractivity contribution in [2.75, 3.05) is 6.16 Å². The van der Waals surface area contributed by atoms with Crippen molar-refractivity contribution in [3.05, 3.63) is 60.7 Å². The van der Waals surface area contributed by atoms with E-state index in [9.17, 15) is 0 Å². The van der Waals surface area contributed by atoms with Crippen LogP contribution in [0.5, 0.6) is 0 Å². The maximum absolute atomic E-state index is 2.39. The van der Waals surface area contributed by atoms with Crippen molar-refractivity contribution in [2.45, 2.75) is 109 Å². The molecule has 0 spiro atoms. The summed E-state index contributed by atoms with van der Waals surface area (Å²) in [4.78, 5) is 0. The van der Waals surface area contributed by atoms with Gasteiger partial charge in [0.05, 0.1) is 0 Å². The molecule has 178 valence electrons. The van der Waals surface area contributed by atoms with E-state index < -0.39 is 0 Å². The highest BCUT2D eigenvalue weighted by molar-refractivity contribution is 7.80. The Balaban J connectivity index is 1.85. The third kappa shape index (κ3) is 11.4. The van der Waals surface area contributed by atoms with Crippen LogP contribution in [0.2, 0.25) is 0 Å². The van der Waals surface area contributed by atoms with Crippen molar-refractivity contribution in [1.29, 1.82) is 0 Å². The molecule has 0 aliphatic rings. The van der Waals surface area contributed by atoms with Crippen LogP contribution in [0.3, 0.4) is 0 Å². The van der Waals surface area contributed by atoms with E-state index in [1.165, 1.54) is 96.1 Å². The number of unbranched alkanes of at least 4 members (excludes halogenated alkanes) is 11. The van der Waals surface area contributed by atoms with Gasteiger partial charge in [-0.15, -0.1) is 8.58 Å². The van der Waals surface area contributed by atoms with E-state index in [2.05, 4.69) is 74.5 Å². The summed E-state index contributed by atoms with van der Waals surface area (Å²) in [6.07, 6.45) is 21.3. The minimum atomic E-state index is -0.256. The molecule has 0 bridgehead atoms. The van der Waals surface area contributed by atoms with E-state index in [0.29, 0.717) is 0 Å². The van der Waals surface area contributed by atoms with Gasteiger partial charge in [-0.1, -0.05) is 152 Å². The van der Waals surface area contributed by atoms with Crippen molar-refractivity contribution < 1.29 is 0 Å². The normalized spacial score (nSPS) is 12.7. The molecule has 0 N–H and O–H groups in total. The van der Waals surface area contributed by atoms with E-state index >= 15 is 0 Å². The minimum absolute atomic E-state index is 0.256. The second kappa shape index (κ2) is 18.7. The molecule has 0 aliphatic heterocycles. The van der Waals surface area contributed by atoms with Gasteiger partial charge in [-0.3, -0.25) is 0 Å². The summed E-state index contributed by atoms with van der Waals surface area (Å²) in [5.41, 5.74) is 0. The molecule has 0 amide bonds. The molecular weight excluding hydrogens is 422 g/mol. The lowest BCUT2D eigenvalue weighted by molar-refractivity contribution is 0.547. The van der Waals surface area contributed by atoms with Gasteiger partial charge in [0.15, 0.2) is 0 Å². The van der Waals surface area contributed by atoms with E-state index in [4.69, 9.17) is 0 Å². The first kappa shape index (κ1) is 27.5. The zero-order valence-electron chi connectivity index (χ0n) is 20.9. The Kier molecular flexibility index (Phi) is 16.1. The number of rotatable bonds is 19. The molecule has 0 aliphatic carbocycles. The van der Waals surface area contributed by atoms with Crippen molar-refractivity contribution in [3.63, 3.8) is 0 Å². The fraction of sp³-hybridized carbons (Fsp3) is 0.600. The van der Waals surface area contributed by atoms with Crippen LogP contribution in [0.15, 0.2) is 60.7 Å². The minimum Gasteiger partial charge on any atom is -0.114 e. The average Bonchev–Trinajstić information content (AvgIpc) is 2.84. The molecule has 2 atom stereocenters. The molecule has 0 aromatic heterocycles. The molecule has 0 saturated heterocycles. The Hall–Kier alpha value is -0.700. The Morgan fingerprint density at radius 3 is 1.47 bits per heavy atom. The van der Waals surface area contributed by atoms with Crippen LogP contribution in [0, 0.1) is 0 Å². The molecule has 2 aromatic carbocycles. The van der Waals surface area contributed by atoms with Crippen molar-refractivity contribution in [1.82, 2.24) is 0 Å². The van der Waals surface area contributed by atoms with Gasteiger partial charge >= 0.3 is 0 Å². The highest BCUT2D eigenvalue weighted by Gasteiger charge is 2.23. The molecular formula is C30H48P2. The van der Waals surface area contributed by atoms with Gasteiger partial charge < -0.3 is 0 Å². The summed E-state index contributed by atoms with van der Waals surface area (Å²) in [6.45, 7) is 4.64. The number of benzene rings is 2. The first-order chi connectivity index (χ1) is 15.9. The van der Waals surface area contributed by atoms with Gasteiger partial charge in [0.2, 0.25) is 0 Å². The smallest absolute Gasteiger partial charge is 0.00465 e. The fourth-order valence-corrected chi connectivity index (χ4v) is 10.2. The van der Waals surface area contributed by atoms with Gasteiger partial charge in [0, 0.05) is 5.40 Å². The first-order valence-electron chi connectivity index (χ1n) is 13.5. The Bertz CT molecular complexity index is 616. The molecule has 2 rings (SSSR count). The quantitative estimate of drug-likeness (QED) is 0.142. The largest absolute Gasteiger partial charge is 0.114 e. The second-order valence-electron chi connectivity index (χ2n) is 9.19. The molecule has 2 heteroatoms. The molecule has 0 saturated carbocycles. The Morgan fingerprint density at radius 1 is 0.562 bits per heavy atom.